The fraction of sp³-hybridized carbons (Fsp3) is 0.818. The highest BCUT2D eigenvalue weighted by Crippen LogP contribution is 2.13. The number of nitrogens with one attached hydrogen (secondary N) is 2. The standard InChI is InChI=1S/C11H22N2O5S2/c1-11(2,20(4,17)18)7-12-10(16)13-8(9(14)15)5-6-19-3/h8H,5-7H2,1-4H3,(H,14,15)(H2,12,13,16)/t8-/m1/s1. The molecule has 2 amide bonds. The van der Waals surface area contributed by atoms with Crippen molar-refractivity contribution in [3.8, 4) is 0 Å². The number of thioether (sulfide) groups is 1. The lowest BCUT2D eigenvalue weighted by Gasteiger charge is -2.23. The summed E-state index contributed by atoms with van der Waals surface area (Å²) in [6, 6.07) is -1.67. The van der Waals surface area contributed by atoms with Crippen molar-refractivity contribution in [2.45, 2.75) is 31.1 Å². The molecule has 9 heteroatoms. The Labute approximate surface area is 123 Å². The molecule has 0 saturated carbocycles. The number of urea groups is 1. The molecule has 20 heavy (non-hydrogen) atoms. The molecule has 0 aliphatic carbocycles. The Bertz CT molecular complexity index is 448. The zero-order chi connectivity index (χ0) is 16.0. The molecule has 7 nitrogen and oxygen atoms in total. The summed E-state index contributed by atoms with van der Waals surface area (Å²) in [5, 5.41) is 13.7. The number of hydrogen-bond donors (Lipinski definition) is 3. The van der Waals surface area contributed by atoms with E-state index in [0.717, 1.165) is 6.26 Å². The number of sulfone groups is 1. The van der Waals surface area contributed by atoms with Gasteiger partial charge in [0.15, 0.2) is 9.84 Å². The molecule has 0 aliphatic heterocycles. The Kier molecular flexibility index (Phi) is 7.35. The van der Waals surface area contributed by atoms with E-state index in [9.17, 15) is 18.0 Å². The molecule has 0 aliphatic rings. The van der Waals surface area contributed by atoms with E-state index in [4.69, 9.17) is 5.11 Å². The lowest BCUT2D eigenvalue weighted by atomic mass is 10.2. The minimum atomic E-state index is -3.32. The van der Waals surface area contributed by atoms with Gasteiger partial charge in [-0.25, -0.2) is 18.0 Å². The molecule has 0 radical (unpaired) electrons. The second-order valence-electron chi connectivity index (χ2n) is 5.03. The summed E-state index contributed by atoms with van der Waals surface area (Å²) >= 11 is 1.48. The van der Waals surface area contributed by atoms with Crippen molar-refractivity contribution < 1.29 is 23.1 Å². The first-order valence-electron chi connectivity index (χ1n) is 5.97. The van der Waals surface area contributed by atoms with Crippen molar-refractivity contribution >= 4 is 33.6 Å². The van der Waals surface area contributed by atoms with Crippen LogP contribution in [0.15, 0.2) is 0 Å². The van der Waals surface area contributed by atoms with E-state index in [1.165, 1.54) is 25.6 Å². The van der Waals surface area contributed by atoms with Gasteiger partial charge in [0, 0.05) is 12.8 Å². The molecule has 0 spiro atoms. The molecule has 0 saturated heterocycles. The monoisotopic (exact) mass is 326 g/mol. The normalized spacial score (nSPS) is 13.6. The summed E-state index contributed by atoms with van der Waals surface area (Å²) in [7, 11) is -3.32. The third kappa shape index (κ3) is 6.47. The van der Waals surface area contributed by atoms with Crippen LogP contribution in [0.5, 0.6) is 0 Å². The van der Waals surface area contributed by atoms with Gasteiger partial charge in [-0.1, -0.05) is 0 Å². The van der Waals surface area contributed by atoms with E-state index < -0.39 is 32.6 Å². The number of carbonyl (C=O) groups is 2. The SMILES string of the molecule is CSCC[C@@H](NC(=O)NCC(C)(C)S(C)(=O)=O)C(=O)O. The van der Waals surface area contributed by atoms with Crippen molar-refractivity contribution in [1.29, 1.82) is 0 Å². The molecule has 0 aromatic carbocycles. The fourth-order valence-corrected chi connectivity index (χ4v) is 1.93. The molecule has 0 rings (SSSR count). The van der Waals surface area contributed by atoms with Crippen LogP contribution in [-0.4, -0.2) is 61.1 Å². The Morgan fingerprint density at radius 3 is 2.30 bits per heavy atom. The zero-order valence-corrected chi connectivity index (χ0v) is 13.7. The van der Waals surface area contributed by atoms with Gasteiger partial charge in [-0.2, -0.15) is 11.8 Å². The number of carboxylic acid groups (broad SMARTS) is 1. The molecule has 0 aromatic heterocycles. The summed E-state index contributed by atoms with van der Waals surface area (Å²) in [5.41, 5.74) is 0. The first-order valence-corrected chi connectivity index (χ1v) is 9.25. The van der Waals surface area contributed by atoms with Gasteiger partial charge in [-0.05, 0) is 32.3 Å². The predicted octanol–water partition coefficient (Wildman–Crippen LogP) is 0.315. The smallest absolute Gasteiger partial charge is 0.326 e. The van der Waals surface area contributed by atoms with Gasteiger partial charge >= 0.3 is 12.0 Å². The fourth-order valence-electron chi connectivity index (χ4n) is 1.13. The van der Waals surface area contributed by atoms with Gasteiger partial charge in [0.1, 0.15) is 6.04 Å². The van der Waals surface area contributed by atoms with Crippen molar-refractivity contribution in [1.82, 2.24) is 10.6 Å². The number of aliphatic carboxylic acids is 1. The highest BCUT2D eigenvalue weighted by Gasteiger charge is 2.31. The Morgan fingerprint density at radius 1 is 1.35 bits per heavy atom. The molecule has 0 unspecified atom stereocenters. The lowest BCUT2D eigenvalue weighted by Crippen LogP contribution is -2.51. The molecule has 3 N–H and O–H groups in total. The van der Waals surface area contributed by atoms with Gasteiger partial charge in [0.05, 0.1) is 4.75 Å². The van der Waals surface area contributed by atoms with Crippen molar-refractivity contribution in [3.05, 3.63) is 0 Å². The van der Waals surface area contributed by atoms with E-state index in [0.29, 0.717) is 12.2 Å². The van der Waals surface area contributed by atoms with Crippen LogP contribution < -0.4 is 10.6 Å². The van der Waals surface area contributed by atoms with Crippen LogP contribution in [0.2, 0.25) is 0 Å². The second-order valence-corrected chi connectivity index (χ2v) is 8.67. The molecule has 118 valence electrons. The molecule has 1 atom stereocenters. The minimum absolute atomic E-state index is 0.0907. The summed E-state index contributed by atoms with van der Waals surface area (Å²) in [6.45, 7) is 2.89. The van der Waals surface area contributed by atoms with Gasteiger partial charge < -0.3 is 15.7 Å². The van der Waals surface area contributed by atoms with Crippen molar-refractivity contribution in [2.75, 3.05) is 24.8 Å². The third-order valence-electron chi connectivity index (χ3n) is 2.89. The summed E-state index contributed by atoms with van der Waals surface area (Å²) in [4.78, 5) is 22.6. The first kappa shape index (κ1) is 19.0. The third-order valence-corrected chi connectivity index (χ3v) is 5.69. The average molecular weight is 326 g/mol. The molecular formula is C11H22N2O5S2. The van der Waals surface area contributed by atoms with Crippen LogP contribution in [0, 0.1) is 0 Å². The van der Waals surface area contributed by atoms with Crippen LogP contribution >= 0.6 is 11.8 Å². The van der Waals surface area contributed by atoms with E-state index in [-0.39, 0.29) is 6.54 Å². The summed E-state index contributed by atoms with van der Waals surface area (Å²) < 4.78 is 21.8. The molecule has 0 bridgehead atoms. The largest absolute Gasteiger partial charge is 0.480 e. The van der Waals surface area contributed by atoms with Gasteiger partial charge in [-0.15, -0.1) is 0 Å². The highest BCUT2D eigenvalue weighted by atomic mass is 32.2. The maximum atomic E-state index is 11.6. The van der Waals surface area contributed by atoms with Gasteiger partial charge in [-0.3, -0.25) is 0 Å². The lowest BCUT2D eigenvalue weighted by molar-refractivity contribution is -0.139. The van der Waals surface area contributed by atoms with Crippen LogP contribution in [0.4, 0.5) is 4.79 Å². The molecule has 0 fully saturated rings. The molecular weight excluding hydrogens is 304 g/mol. The van der Waals surface area contributed by atoms with E-state index in [2.05, 4.69) is 10.6 Å². The highest BCUT2D eigenvalue weighted by molar-refractivity contribution is 7.98. The Balaban J connectivity index is 4.45. The van der Waals surface area contributed by atoms with Crippen LogP contribution in [0.1, 0.15) is 20.3 Å². The second kappa shape index (κ2) is 7.72. The summed E-state index contributed by atoms with van der Waals surface area (Å²) in [5.74, 6) is -0.511. The quantitative estimate of drug-likeness (QED) is 0.592. The molecule has 0 aromatic rings. The maximum absolute atomic E-state index is 11.6. The number of amides is 2. The van der Waals surface area contributed by atoms with E-state index in [1.807, 2.05) is 6.26 Å². The number of carboxylic acids is 1. The number of rotatable bonds is 8. The Morgan fingerprint density at radius 2 is 1.90 bits per heavy atom. The number of carbonyl (C=O) groups excluding carboxylic acids is 1. The summed E-state index contributed by atoms with van der Waals surface area (Å²) in [6.07, 6.45) is 3.23. The van der Waals surface area contributed by atoms with E-state index in [1.54, 1.807) is 0 Å². The van der Waals surface area contributed by atoms with Crippen molar-refractivity contribution in [2.24, 2.45) is 0 Å². The topological polar surface area (TPSA) is 113 Å². The zero-order valence-electron chi connectivity index (χ0n) is 12.1. The number of hydrogen-bond acceptors (Lipinski definition) is 5. The van der Waals surface area contributed by atoms with Gasteiger partial charge in [0.2, 0.25) is 0 Å². The predicted molar refractivity (Wildman–Crippen MR) is 79.9 cm³/mol. The Hall–Kier alpha value is -0.960. The van der Waals surface area contributed by atoms with Crippen LogP contribution in [0.3, 0.4) is 0 Å². The maximum Gasteiger partial charge on any atom is 0.326 e. The van der Waals surface area contributed by atoms with Crippen LogP contribution in [-0.2, 0) is 14.6 Å². The van der Waals surface area contributed by atoms with E-state index >= 15 is 0 Å². The first-order chi connectivity index (χ1) is 9.01. The van der Waals surface area contributed by atoms with Crippen molar-refractivity contribution in [3.63, 3.8) is 0 Å². The van der Waals surface area contributed by atoms with Gasteiger partial charge in [0.25, 0.3) is 0 Å². The minimum Gasteiger partial charge on any atom is -0.480 e. The average Bonchev–Trinajstić information content (AvgIpc) is 2.30. The molecule has 0 heterocycles. The van der Waals surface area contributed by atoms with Crippen LogP contribution in [0.25, 0.3) is 0 Å².